The third-order valence-corrected chi connectivity index (χ3v) is 9.92. The van der Waals surface area contributed by atoms with Crippen LogP contribution >= 0.6 is 39.1 Å². The molecule has 3 aromatic rings. The van der Waals surface area contributed by atoms with Gasteiger partial charge < -0.3 is 15.0 Å². The van der Waals surface area contributed by atoms with E-state index in [4.69, 9.17) is 27.9 Å². The molecule has 0 aliphatic carbocycles. The topological polar surface area (TPSA) is 96.0 Å². The first-order chi connectivity index (χ1) is 20.4. The molecule has 0 heterocycles. The lowest BCUT2D eigenvalue weighted by Crippen LogP contribution is -2.53. The zero-order chi connectivity index (χ0) is 31.7. The maximum atomic E-state index is 14.2. The van der Waals surface area contributed by atoms with Gasteiger partial charge in [0, 0.05) is 32.7 Å². The predicted molar refractivity (Wildman–Crippen MR) is 175 cm³/mol. The van der Waals surface area contributed by atoms with Crippen LogP contribution in [0.4, 0.5) is 5.69 Å². The number of rotatable bonds is 14. The standard InChI is InChI=1S/C31H36BrCl2N3O5S/c1-5-21(4)35-31(39)29(6-2)36(19-26-27(33)9-8-10-28(26)34)30(38)20-37(23-13-15-24(16-14-23)42-7-3)43(40,41)25-17-11-22(32)12-18-25/h8-18,21,29H,5-7,19-20H2,1-4H3,(H,35,39)/t21-,29+/m1/s1. The highest BCUT2D eigenvalue weighted by Gasteiger charge is 2.34. The molecule has 1 N–H and O–H groups in total. The molecule has 0 radical (unpaired) electrons. The highest BCUT2D eigenvalue weighted by molar-refractivity contribution is 9.10. The molecule has 0 aromatic heterocycles. The average molecular weight is 714 g/mol. The van der Waals surface area contributed by atoms with E-state index in [1.165, 1.54) is 17.0 Å². The Balaban J connectivity index is 2.10. The molecule has 3 aromatic carbocycles. The van der Waals surface area contributed by atoms with E-state index in [1.54, 1.807) is 61.5 Å². The molecule has 0 saturated heterocycles. The van der Waals surface area contributed by atoms with E-state index in [9.17, 15) is 18.0 Å². The number of carbonyl (C=O) groups is 2. The lowest BCUT2D eigenvalue weighted by molar-refractivity contribution is -0.140. The highest BCUT2D eigenvalue weighted by Crippen LogP contribution is 2.30. The Hall–Kier alpha value is -2.79. The summed E-state index contributed by atoms with van der Waals surface area (Å²) in [7, 11) is -4.22. The SMILES string of the molecule is CCOc1ccc(N(CC(=O)N(Cc2c(Cl)cccc2Cl)[C@@H](CC)C(=O)N[C@H](C)CC)S(=O)(=O)c2ccc(Br)cc2)cc1. The molecule has 8 nitrogen and oxygen atoms in total. The number of sulfonamides is 1. The summed E-state index contributed by atoms with van der Waals surface area (Å²) < 4.78 is 35.3. The summed E-state index contributed by atoms with van der Waals surface area (Å²) in [5.74, 6) is -0.394. The summed E-state index contributed by atoms with van der Waals surface area (Å²) in [4.78, 5) is 29.0. The van der Waals surface area contributed by atoms with Gasteiger partial charge in [0.1, 0.15) is 18.3 Å². The Morgan fingerprint density at radius 3 is 2.07 bits per heavy atom. The van der Waals surface area contributed by atoms with Gasteiger partial charge in [-0.1, -0.05) is 59.0 Å². The van der Waals surface area contributed by atoms with Crippen molar-refractivity contribution in [2.24, 2.45) is 0 Å². The zero-order valence-corrected chi connectivity index (χ0v) is 28.4. The van der Waals surface area contributed by atoms with Gasteiger partial charge in [-0.2, -0.15) is 0 Å². The fourth-order valence-corrected chi connectivity index (χ4v) is 6.55. The van der Waals surface area contributed by atoms with Crippen molar-refractivity contribution in [3.05, 3.63) is 86.8 Å². The summed E-state index contributed by atoms with van der Waals surface area (Å²) in [6, 6.07) is 16.5. The first-order valence-corrected chi connectivity index (χ1v) is 17.0. The molecular weight excluding hydrogens is 677 g/mol. The Morgan fingerprint density at radius 1 is 0.930 bits per heavy atom. The molecule has 0 fully saturated rings. The average Bonchev–Trinajstić information content (AvgIpc) is 2.97. The summed E-state index contributed by atoms with van der Waals surface area (Å²) in [5, 5.41) is 3.60. The number of nitrogens with zero attached hydrogens (tertiary/aromatic N) is 2. The van der Waals surface area contributed by atoms with Crippen molar-refractivity contribution in [1.29, 1.82) is 0 Å². The van der Waals surface area contributed by atoms with Gasteiger partial charge in [0.15, 0.2) is 0 Å². The summed E-state index contributed by atoms with van der Waals surface area (Å²) in [5.41, 5.74) is 0.713. The van der Waals surface area contributed by atoms with Crippen LogP contribution in [0.15, 0.2) is 76.1 Å². The third kappa shape index (κ3) is 8.88. The van der Waals surface area contributed by atoms with E-state index in [0.29, 0.717) is 38.9 Å². The fraction of sp³-hybridized carbons (Fsp3) is 0.355. The number of benzene rings is 3. The number of amides is 2. The predicted octanol–water partition coefficient (Wildman–Crippen LogP) is 7.07. The molecule has 3 rings (SSSR count). The number of carbonyl (C=O) groups excluding carboxylic acids is 2. The van der Waals surface area contributed by atoms with Gasteiger partial charge in [-0.15, -0.1) is 0 Å². The Bertz CT molecular complexity index is 1480. The van der Waals surface area contributed by atoms with Gasteiger partial charge in [-0.25, -0.2) is 8.42 Å². The van der Waals surface area contributed by atoms with Crippen LogP contribution < -0.4 is 14.4 Å². The van der Waals surface area contributed by atoms with Gasteiger partial charge in [-0.3, -0.25) is 13.9 Å². The first-order valence-electron chi connectivity index (χ1n) is 14.0. The fourth-order valence-electron chi connectivity index (χ4n) is 4.35. The van der Waals surface area contributed by atoms with Crippen molar-refractivity contribution in [1.82, 2.24) is 10.2 Å². The normalized spacial score (nSPS) is 12.7. The molecule has 43 heavy (non-hydrogen) atoms. The molecule has 2 atom stereocenters. The smallest absolute Gasteiger partial charge is 0.264 e. The maximum absolute atomic E-state index is 14.2. The minimum Gasteiger partial charge on any atom is -0.494 e. The summed E-state index contributed by atoms with van der Waals surface area (Å²) in [6.07, 6.45) is 0.974. The monoisotopic (exact) mass is 711 g/mol. The second-order valence-electron chi connectivity index (χ2n) is 9.86. The van der Waals surface area contributed by atoms with Gasteiger partial charge in [0.25, 0.3) is 10.0 Å². The summed E-state index contributed by atoms with van der Waals surface area (Å²) in [6.45, 7) is 7.22. The molecule has 12 heteroatoms. The lowest BCUT2D eigenvalue weighted by atomic mass is 10.1. The van der Waals surface area contributed by atoms with Gasteiger partial charge >= 0.3 is 0 Å². The molecule has 2 amide bonds. The molecule has 0 aliphatic rings. The van der Waals surface area contributed by atoms with Crippen LogP contribution in [0, 0.1) is 0 Å². The van der Waals surface area contributed by atoms with Crippen molar-refractivity contribution < 1.29 is 22.7 Å². The van der Waals surface area contributed by atoms with Crippen molar-refractivity contribution in [2.75, 3.05) is 17.5 Å². The van der Waals surface area contributed by atoms with Gasteiger partial charge in [0.05, 0.1) is 17.2 Å². The van der Waals surface area contributed by atoms with Crippen molar-refractivity contribution >= 4 is 66.7 Å². The van der Waals surface area contributed by atoms with E-state index in [0.717, 1.165) is 4.31 Å². The number of ether oxygens (including phenoxy) is 1. The molecule has 0 spiro atoms. The van der Waals surface area contributed by atoms with Crippen molar-refractivity contribution in [3.8, 4) is 5.75 Å². The van der Waals surface area contributed by atoms with Crippen LogP contribution in [-0.2, 0) is 26.2 Å². The Labute approximate surface area is 272 Å². The van der Waals surface area contributed by atoms with Gasteiger partial charge in [-0.05, 0) is 87.4 Å². The van der Waals surface area contributed by atoms with E-state index >= 15 is 0 Å². The van der Waals surface area contributed by atoms with E-state index in [1.807, 2.05) is 20.8 Å². The minimum atomic E-state index is -4.22. The Kier molecular flexibility index (Phi) is 12.7. The van der Waals surface area contributed by atoms with Crippen molar-refractivity contribution in [3.63, 3.8) is 0 Å². The third-order valence-electron chi connectivity index (χ3n) is 6.89. The van der Waals surface area contributed by atoms with Crippen LogP contribution in [0.5, 0.6) is 5.75 Å². The number of anilines is 1. The van der Waals surface area contributed by atoms with Crippen LogP contribution in [0.1, 0.15) is 46.1 Å². The number of halogens is 3. The quantitative estimate of drug-likeness (QED) is 0.193. The Morgan fingerprint density at radius 2 is 1.53 bits per heavy atom. The van der Waals surface area contributed by atoms with E-state index in [2.05, 4.69) is 21.2 Å². The number of hydrogen-bond donors (Lipinski definition) is 1. The van der Waals surface area contributed by atoms with Crippen LogP contribution in [-0.4, -0.2) is 50.4 Å². The van der Waals surface area contributed by atoms with Gasteiger partial charge in [0.2, 0.25) is 11.8 Å². The molecule has 0 saturated carbocycles. The second kappa shape index (κ2) is 15.8. The first kappa shape index (κ1) is 34.7. The maximum Gasteiger partial charge on any atom is 0.264 e. The largest absolute Gasteiger partial charge is 0.494 e. The van der Waals surface area contributed by atoms with E-state index < -0.39 is 28.5 Å². The van der Waals surface area contributed by atoms with Crippen molar-refractivity contribution in [2.45, 2.75) is 64.1 Å². The highest BCUT2D eigenvalue weighted by atomic mass is 79.9. The number of hydrogen-bond acceptors (Lipinski definition) is 5. The molecule has 0 aliphatic heterocycles. The summed E-state index contributed by atoms with van der Waals surface area (Å²) >= 11 is 16.3. The zero-order valence-electron chi connectivity index (χ0n) is 24.5. The van der Waals surface area contributed by atoms with Crippen LogP contribution in [0.25, 0.3) is 0 Å². The van der Waals surface area contributed by atoms with Crippen LogP contribution in [0.2, 0.25) is 10.0 Å². The van der Waals surface area contributed by atoms with Crippen LogP contribution in [0.3, 0.4) is 0 Å². The molecule has 232 valence electrons. The second-order valence-corrected chi connectivity index (χ2v) is 13.4. The molecule has 0 bridgehead atoms. The van der Waals surface area contributed by atoms with E-state index in [-0.39, 0.29) is 35.5 Å². The minimum absolute atomic E-state index is 0.000335. The lowest BCUT2D eigenvalue weighted by Gasteiger charge is -2.34. The molecule has 0 unspecified atom stereocenters. The molecular formula is C31H36BrCl2N3O5S. The number of nitrogens with one attached hydrogen (secondary N) is 1.